The summed E-state index contributed by atoms with van der Waals surface area (Å²) in [6.45, 7) is 1.81. The maximum atomic E-state index is 14.1. The topological polar surface area (TPSA) is 237 Å². The fourth-order valence-corrected chi connectivity index (χ4v) is 8.26. The second kappa shape index (κ2) is 18.0. The zero-order valence-electron chi connectivity index (χ0n) is 31.9. The number of aryl methyl sites for hydroxylation is 1. The molecule has 19 nitrogen and oxygen atoms in total. The number of sulfonamides is 2. The number of hydrogen-bond donors (Lipinski definition) is 5. The van der Waals surface area contributed by atoms with Crippen LogP contribution in [-0.2, 0) is 20.0 Å². The van der Waals surface area contributed by atoms with Crippen LogP contribution in [0.4, 0.5) is 57.7 Å². The molecule has 0 aliphatic heterocycles. The Morgan fingerprint density at radius 2 is 1.27 bits per heavy atom. The molecule has 0 saturated carbocycles. The highest BCUT2D eigenvalue weighted by Gasteiger charge is 2.29. The van der Waals surface area contributed by atoms with E-state index in [1.54, 1.807) is 42.7 Å². The molecule has 0 amide bonds. The van der Waals surface area contributed by atoms with Gasteiger partial charge in [-0.3, -0.25) is 19.0 Å². The first kappa shape index (κ1) is 42.2. The van der Waals surface area contributed by atoms with E-state index in [0.29, 0.717) is 27.1 Å². The van der Waals surface area contributed by atoms with E-state index < -0.39 is 25.9 Å². The van der Waals surface area contributed by atoms with Crippen LogP contribution < -0.4 is 44.5 Å². The normalized spacial score (nSPS) is 11.3. The van der Waals surface area contributed by atoms with Crippen molar-refractivity contribution >= 4 is 101 Å². The quantitative estimate of drug-likeness (QED) is 0.0630. The Hall–Kier alpha value is -6.42. The number of rotatable bonds is 17. The molecule has 5 N–H and O–H groups in total. The number of halogens is 2. The van der Waals surface area contributed by atoms with Crippen molar-refractivity contribution in [1.29, 1.82) is 0 Å². The molecular weight excluding hydrogens is 848 g/mol. The van der Waals surface area contributed by atoms with Gasteiger partial charge >= 0.3 is 0 Å². The monoisotopic (exact) mass is 882 g/mol. The maximum absolute atomic E-state index is 14.1. The SMILES string of the molecule is COc1ccc(Nc2nc(Nc3cccnc3C)ncc2Cl)c(NS(=O)(=O)CN(c2cc(OC)ccc2Nc2nc(Nc3ccncc3OC)ncc2Cl)S(C)(=O)=O)c1. The van der Waals surface area contributed by atoms with E-state index in [0.717, 1.165) is 6.26 Å². The van der Waals surface area contributed by atoms with Crippen molar-refractivity contribution in [2.45, 2.75) is 6.92 Å². The Balaban J connectivity index is 1.31. The standard InChI is InChI=1S/C36H36Cl2N12O7S2/c1-21-26(7-6-13-40-21)45-35-41-17-24(37)33(47-35)43-27-10-8-22(55-2)15-30(27)49-59(53,54)20-50(58(5,51)52)31-16-23(56-3)9-11-28(31)44-34-25(38)18-42-36(48-34)46-29-12-14-39-19-32(29)57-4/h6-19,49H,20H2,1-5H3,(H2,41,43,45,47)(H2,39,42,44,46,48). The van der Waals surface area contributed by atoms with Crippen molar-refractivity contribution in [3.05, 3.63) is 101 Å². The molecule has 0 radical (unpaired) electrons. The molecule has 6 rings (SSSR count). The summed E-state index contributed by atoms with van der Waals surface area (Å²) in [5, 5.41) is 12.3. The Labute approximate surface area is 349 Å². The Morgan fingerprint density at radius 3 is 1.88 bits per heavy atom. The van der Waals surface area contributed by atoms with Gasteiger partial charge in [0.15, 0.2) is 23.3 Å². The first-order chi connectivity index (χ1) is 28.2. The van der Waals surface area contributed by atoms with Crippen LogP contribution in [0, 0.1) is 6.92 Å². The second-order valence-electron chi connectivity index (χ2n) is 12.2. The third kappa shape index (κ3) is 10.6. The summed E-state index contributed by atoms with van der Waals surface area (Å²) in [4.78, 5) is 25.7. The fourth-order valence-electron chi connectivity index (χ4n) is 5.28. The molecule has 59 heavy (non-hydrogen) atoms. The van der Waals surface area contributed by atoms with Crippen molar-refractivity contribution in [3.8, 4) is 17.2 Å². The van der Waals surface area contributed by atoms with E-state index in [-0.39, 0.29) is 67.8 Å². The molecule has 4 aromatic heterocycles. The number of anilines is 10. The number of nitrogens with zero attached hydrogens (tertiary/aromatic N) is 7. The molecule has 23 heteroatoms. The van der Waals surface area contributed by atoms with Crippen LogP contribution in [-0.4, -0.2) is 80.2 Å². The number of benzene rings is 2. The third-order valence-electron chi connectivity index (χ3n) is 8.15. The smallest absolute Gasteiger partial charge is 0.252 e. The molecular formula is C36H36Cl2N12O7S2. The zero-order chi connectivity index (χ0) is 42.3. The number of ether oxygens (including phenoxy) is 3. The predicted molar refractivity (Wildman–Crippen MR) is 228 cm³/mol. The van der Waals surface area contributed by atoms with Gasteiger partial charge in [-0.25, -0.2) is 26.8 Å². The molecule has 0 aliphatic carbocycles. The number of pyridine rings is 2. The van der Waals surface area contributed by atoms with Gasteiger partial charge in [-0.05, 0) is 49.4 Å². The van der Waals surface area contributed by atoms with Crippen LogP contribution in [0.2, 0.25) is 10.0 Å². The van der Waals surface area contributed by atoms with Crippen molar-refractivity contribution in [2.75, 3.05) is 63.8 Å². The first-order valence-corrected chi connectivity index (χ1v) is 21.3. The average Bonchev–Trinajstić information content (AvgIpc) is 3.21. The van der Waals surface area contributed by atoms with Gasteiger partial charge in [0.05, 0.1) is 86.0 Å². The molecule has 6 aromatic rings. The van der Waals surface area contributed by atoms with E-state index >= 15 is 0 Å². The Morgan fingerprint density at radius 1 is 0.661 bits per heavy atom. The van der Waals surface area contributed by atoms with E-state index in [1.807, 2.05) is 6.92 Å². The molecule has 0 spiro atoms. The predicted octanol–water partition coefficient (Wildman–Crippen LogP) is 6.84. The van der Waals surface area contributed by atoms with Crippen molar-refractivity contribution in [2.24, 2.45) is 0 Å². The van der Waals surface area contributed by atoms with Gasteiger partial charge < -0.3 is 35.5 Å². The maximum Gasteiger partial charge on any atom is 0.252 e. The van der Waals surface area contributed by atoms with E-state index in [2.05, 4.69) is 55.9 Å². The molecule has 0 aliphatic rings. The largest absolute Gasteiger partial charge is 0.497 e. The zero-order valence-corrected chi connectivity index (χ0v) is 35.0. The van der Waals surface area contributed by atoms with Crippen LogP contribution >= 0.6 is 23.2 Å². The second-order valence-corrected chi connectivity index (χ2v) is 16.7. The average molecular weight is 884 g/mol. The molecule has 2 aromatic carbocycles. The van der Waals surface area contributed by atoms with Crippen LogP contribution in [0.1, 0.15) is 5.69 Å². The highest BCUT2D eigenvalue weighted by Crippen LogP contribution is 2.38. The summed E-state index contributed by atoms with van der Waals surface area (Å²) in [6, 6.07) is 14.1. The van der Waals surface area contributed by atoms with Crippen LogP contribution in [0.15, 0.2) is 85.6 Å². The number of hydrogen-bond acceptors (Lipinski definition) is 17. The number of aromatic nitrogens is 6. The Bertz CT molecular complexity index is 2720. The first-order valence-electron chi connectivity index (χ1n) is 17.0. The molecule has 4 heterocycles. The Kier molecular flexibility index (Phi) is 12.9. The van der Waals surface area contributed by atoms with Crippen molar-refractivity contribution in [1.82, 2.24) is 29.9 Å². The summed E-state index contributed by atoms with van der Waals surface area (Å²) < 4.78 is 74.4. The summed E-state index contributed by atoms with van der Waals surface area (Å²) in [5.41, 5.74) is 2.04. The number of methoxy groups -OCH3 is 3. The lowest BCUT2D eigenvalue weighted by Gasteiger charge is -2.26. The van der Waals surface area contributed by atoms with Crippen molar-refractivity contribution in [3.63, 3.8) is 0 Å². The van der Waals surface area contributed by atoms with E-state index in [1.165, 1.54) is 64.2 Å². The molecule has 0 fully saturated rings. The van der Waals surface area contributed by atoms with Gasteiger partial charge in [0.1, 0.15) is 21.5 Å². The molecule has 0 bridgehead atoms. The van der Waals surface area contributed by atoms with E-state index in [9.17, 15) is 16.8 Å². The minimum Gasteiger partial charge on any atom is -0.497 e. The summed E-state index contributed by atoms with van der Waals surface area (Å²) >= 11 is 13.0. The molecule has 0 atom stereocenters. The molecule has 0 unspecified atom stereocenters. The summed E-state index contributed by atoms with van der Waals surface area (Å²) in [6.07, 6.45) is 8.25. The van der Waals surface area contributed by atoms with Gasteiger partial charge in [0, 0.05) is 24.5 Å². The number of nitrogens with one attached hydrogen (secondary N) is 5. The highest BCUT2D eigenvalue weighted by molar-refractivity contribution is 7.96. The van der Waals surface area contributed by atoms with Gasteiger partial charge in [0.25, 0.3) is 10.0 Å². The van der Waals surface area contributed by atoms with Gasteiger partial charge in [0.2, 0.25) is 21.9 Å². The van der Waals surface area contributed by atoms with Gasteiger partial charge in [-0.1, -0.05) is 23.2 Å². The van der Waals surface area contributed by atoms with Crippen molar-refractivity contribution < 1.29 is 31.0 Å². The summed E-state index contributed by atoms with van der Waals surface area (Å²) in [5.74, 6) is 0.302. The lowest BCUT2D eigenvalue weighted by Crippen LogP contribution is -2.37. The van der Waals surface area contributed by atoms with Crippen LogP contribution in [0.5, 0.6) is 17.2 Å². The molecule has 0 saturated heterocycles. The van der Waals surface area contributed by atoms with Gasteiger partial charge in [-0.15, -0.1) is 0 Å². The van der Waals surface area contributed by atoms with Crippen LogP contribution in [0.25, 0.3) is 0 Å². The van der Waals surface area contributed by atoms with E-state index in [4.69, 9.17) is 37.4 Å². The highest BCUT2D eigenvalue weighted by atomic mass is 35.5. The van der Waals surface area contributed by atoms with Crippen LogP contribution in [0.3, 0.4) is 0 Å². The fraction of sp³-hybridized carbons (Fsp3) is 0.167. The molecule has 308 valence electrons. The minimum atomic E-state index is -4.57. The van der Waals surface area contributed by atoms with Gasteiger partial charge in [-0.2, -0.15) is 9.97 Å². The minimum absolute atomic E-state index is 0.0206. The lowest BCUT2D eigenvalue weighted by molar-refractivity contribution is 0.415. The summed E-state index contributed by atoms with van der Waals surface area (Å²) in [7, 11) is -4.63. The lowest BCUT2D eigenvalue weighted by atomic mass is 10.2. The third-order valence-corrected chi connectivity index (χ3v) is 11.1.